The fourth-order valence-corrected chi connectivity index (χ4v) is 5.28. The van der Waals surface area contributed by atoms with Crippen LogP contribution < -0.4 is 15.2 Å². The first-order valence-corrected chi connectivity index (χ1v) is 11.9. The molecule has 0 aliphatic rings. The molecule has 5 rings (SSSR count). The Labute approximate surface area is 207 Å². The maximum absolute atomic E-state index is 13.4. The second kappa shape index (κ2) is 9.24. The molecule has 3 aromatic carbocycles. The molecule has 6 heteroatoms. The van der Waals surface area contributed by atoms with E-state index in [4.69, 9.17) is 20.2 Å². The first-order valence-electron chi connectivity index (χ1n) is 11.1. The summed E-state index contributed by atoms with van der Waals surface area (Å²) < 4.78 is 11.3. The highest BCUT2D eigenvalue weighted by molar-refractivity contribution is 7.21. The Morgan fingerprint density at radius 1 is 0.886 bits per heavy atom. The number of ketones is 1. The number of ether oxygens (including phenoxy) is 2. The van der Waals surface area contributed by atoms with Crippen LogP contribution in [0.4, 0.5) is 5.69 Å². The lowest BCUT2D eigenvalue weighted by Crippen LogP contribution is -2.02. The summed E-state index contributed by atoms with van der Waals surface area (Å²) in [7, 11) is 3.22. The van der Waals surface area contributed by atoms with Gasteiger partial charge in [0.1, 0.15) is 9.71 Å². The van der Waals surface area contributed by atoms with Crippen molar-refractivity contribution >= 4 is 33.0 Å². The molecule has 174 valence electrons. The SMILES string of the molecule is COc1cccc(-c2cc(-c3ccccc3)nc3sc(C(=O)c4ccc(C)cc4)c(N)c23)c1OC. The fraction of sp³-hybridized carbons (Fsp3) is 0.103. The normalized spacial score (nSPS) is 10.9. The van der Waals surface area contributed by atoms with Crippen LogP contribution in [-0.2, 0) is 0 Å². The van der Waals surface area contributed by atoms with Gasteiger partial charge < -0.3 is 15.2 Å². The summed E-state index contributed by atoms with van der Waals surface area (Å²) in [5.41, 5.74) is 12.2. The van der Waals surface area contributed by atoms with Crippen LogP contribution in [-0.4, -0.2) is 25.0 Å². The van der Waals surface area contributed by atoms with Gasteiger partial charge in [-0.15, -0.1) is 11.3 Å². The van der Waals surface area contributed by atoms with Gasteiger partial charge in [-0.1, -0.05) is 72.3 Å². The van der Waals surface area contributed by atoms with Crippen molar-refractivity contribution < 1.29 is 14.3 Å². The van der Waals surface area contributed by atoms with Gasteiger partial charge in [0.15, 0.2) is 11.5 Å². The molecule has 5 nitrogen and oxygen atoms in total. The lowest BCUT2D eigenvalue weighted by atomic mass is 9.97. The predicted octanol–water partition coefficient (Wildman–Crippen LogP) is 6.77. The average molecular weight is 481 g/mol. The zero-order valence-electron chi connectivity index (χ0n) is 19.7. The van der Waals surface area contributed by atoms with Crippen LogP contribution in [0.2, 0.25) is 0 Å². The van der Waals surface area contributed by atoms with Gasteiger partial charge >= 0.3 is 0 Å². The summed E-state index contributed by atoms with van der Waals surface area (Å²) in [5, 5.41) is 0.733. The molecule has 2 aromatic heterocycles. The maximum Gasteiger partial charge on any atom is 0.205 e. The number of nitrogens with zero attached hydrogens (tertiary/aromatic N) is 1. The molecule has 0 saturated carbocycles. The van der Waals surface area contributed by atoms with E-state index < -0.39 is 0 Å². The van der Waals surface area contributed by atoms with E-state index in [0.717, 1.165) is 33.3 Å². The van der Waals surface area contributed by atoms with Crippen LogP contribution in [0.15, 0.2) is 78.9 Å². The Kier molecular flexibility index (Phi) is 5.97. The third kappa shape index (κ3) is 4.02. The van der Waals surface area contributed by atoms with Gasteiger partial charge in [-0.2, -0.15) is 0 Å². The van der Waals surface area contributed by atoms with Crippen LogP contribution in [0.5, 0.6) is 11.5 Å². The number of carbonyl (C=O) groups excluding carboxylic acids is 1. The van der Waals surface area contributed by atoms with Gasteiger partial charge in [0.05, 0.1) is 25.6 Å². The van der Waals surface area contributed by atoms with Gasteiger partial charge in [0, 0.05) is 27.6 Å². The van der Waals surface area contributed by atoms with E-state index in [-0.39, 0.29) is 5.78 Å². The minimum Gasteiger partial charge on any atom is -0.493 e. The van der Waals surface area contributed by atoms with E-state index in [9.17, 15) is 4.79 Å². The molecule has 0 unspecified atom stereocenters. The highest BCUT2D eigenvalue weighted by atomic mass is 32.1. The van der Waals surface area contributed by atoms with Crippen LogP contribution in [0.1, 0.15) is 20.8 Å². The Hall–Kier alpha value is -4.16. The van der Waals surface area contributed by atoms with Gasteiger partial charge in [0.25, 0.3) is 0 Å². The number of hydrogen-bond donors (Lipinski definition) is 1. The zero-order chi connectivity index (χ0) is 24.5. The quantitative estimate of drug-likeness (QED) is 0.272. The van der Waals surface area contributed by atoms with Crippen molar-refractivity contribution in [2.45, 2.75) is 6.92 Å². The number of rotatable bonds is 6. The molecule has 0 radical (unpaired) electrons. The summed E-state index contributed by atoms with van der Waals surface area (Å²) >= 11 is 1.31. The number of aromatic nitrogens is 1. The number of para-hydroxylation sites is 1. The fourth-order valence-electron chi connectivity index (χ4n) is 4.19. The number of hydrogen-bond acceptors (Lipinski definition) is 6. The molecule has 0 aliphatic heterocycles. The Morgan fingerprint density at radius 2 is 1.63 bits per heavy atom. The smallest absolute Gasteiger partial charge is 0.205 e. The van der Waals surface area contributed by atoms with Gasteiger partial charge in [0.2, 0.25) is 5.78 Å². The van der Waals surface area contributed by atoms with Crippen LogP contribution in [0.25, 0.3) is 32.6 Å². The van der Waals surface area contributed by atoms with Crippen LogP contribution in [0, 0.1) is 6.92 Å². The minimum atomic E-state index is -0.115. The molecule has 5 aromatic rings. The summed E-state index contributed by atoms with van der Waals surface area (Å²) in [6, 6.07) is 25.2. The summed E-state index contributed by atoms with van der Waals surface area (Å²) in [6.45, 7) is 1.99. The van der Waals surface area contributed by atoms with Gasteiger partial charge in [-0.05, 0) is 19.1 Å². The lowest BCUT2D eigenvalue weighted by molar-refractivity contribution is 0.104. The second-order valence-electron chi connectivity index (χ2n) is 8.18. The zero-order valence-corrected chi connectivity index (χ0v) is 20.5. The highest BCUT2D eigenvalue weighted by Crippen LogP contribution is 2.46. The number of anilines is 1. The standard InChI is InChI=1S/C29H24N2O3S/c1-17-12-14-19(15-13-17)26(32)28-25(30)24-21(20-10-7-11-23(33-2)27(20)34-3)16-22(31-29(24)35-28)18-8-5-4-6-9-18/h4-16H,30H2,1-3H3. The van der Waals surface area contributed by atoms with Crippen molar-refractivity contribution in [3.63, 3.8) is 0 Å². The van der Waals surface area contributed by atoms with E-state index in [1.165, 1.54) is 11.3 Å². The molecule has 0 atom stereocenters. The molecule has 0 aliphatic carbocycles. The van der Waals surface area contributed by atoms with Crippen molar-refractivity contribution in [2.24, 2.45) is 0 Å². The van der Waals surface area contributed by atoms with Gasteiger partial charge in [-0.25, -0.2) is 4.98 Å². The number of pyridine rings is 1. The summed E-state index contributed by atoms with van der Waals surface area (Å²) in [6.07, 6.45) is 0. The van der Waals surface area contributed by atoms with E-state index in [2.05, 4.69) is 0 Å². The lowest BCUT2D eigenvalue weighted by Gasteiger charge is -2.15. The van der Waals surface area contributed by atoms with Crippen LogP contribution in [0.3, 0.4) is 0 Å². The third-order valence-electron chi connectivity index (χ3n) is 5.98. The molecule has 35 heavy (non-hydrogen) atoms. The number of methoxy groups -OCH3 is 2. The average Bonchev–Trinajstić information content (AvgIpc) is 3.24. The largest absolute Gasteiger partial charge is 0.493 e. The number of carbonyl (C=O) groups is 1. The monoisotopic (exact) mass is 480 g/mol. The first kappa shape index (κ1) is 22.6. The molecule has 2 heterocycles. The van der Waals surface area contributed by atoms with Crippen molar-refractivity contribution in [3.8, 4) is 33.9 Å². The Bertz CT molecular complexity index is 1540. The number of fused-ring (bicyclic) bond motifs is 1. The number of benzene rings is 3. The third-order valence-corrected chi connectivity index (χ3v) is 7.08. The molecular formula is C29H24N2O3S. The molecule has 2 N–H and O–H groups in total. The Balaban J connectivity index is 1.80. The predicted molar refractivity (Wildman–Crippen MR) is 143 cm³/mol. The maximum atomic E-state index is 13.4. The van der Waals surface area contributed by atoms with Crippen molar-refractivity contribution in [2.75, 3.05) is 20.0 Å². The number of thiophene rings is 1. The van der Waals surface area contributed by atoms with E-state index in [0.29, 0.717) is 32.5 Å². The number of aryl methyl sites for hydroxylation is 1. The summed E-state index contributed by atoms with van der Waals surface area (Å²) in [4.78, 5) is 19.5. The minimum absolute atomic E-state index is 0.115. The molecule has 0 saturated heterocycles. The first-order chi connectivity index (χ1) is 17.0. The second-order valence-corrected chi connectivity index (χ2v) is 9.18. The van der Waals surface area contributed by atoms with Crippen molar-refractivity contribution in [1.29, 1.82) is 0 Å². The molecule has 0 fully saturated rings. The highest BCUT2D eigenvalue weighted by Gasteiger charge is 2.24. The van der Waals surface area contributed by atoms with Crippen LogP contribution >= 0.6 is 11.3 Å². The Morgan fingerprint density at radius 3 is 2.31 bits per heavy atom. The van der Waals surface area contributed by atoms with E-state index in [1.54, 1.807) is 14.2 Å². The van der Waals surface area contributed by atoms with Gasteiger partial charge in [-0.3, -0.25) is 4.79 Å². The van der Waals surface area contributed by atoms with E-state index >= 15 is 0 Å². The summed E-state index contributed by atoms with van der Waals surface area (Å²) in [5.74, 6) is 1.09. The molecule has 0 spiro atoms. The molecule has 0 amide bonds. The molecule has 0 bridgehead atoms. The van der Waals surface area contributed by atoms with Crippen molar-refractivity contribution in [1.82, 2.24) is 4.98 Å². The number of nitrogens with two attached hydrogens (primary N) is 1. The van der Waals surface area contributed by atoms with E-state index in [1.807, 2.05) is 85.8 Å². The molecular weight excluding hydrogens is 456 g/mol. The number of nitrogen functional groups attached to an aromatic ring is 1. The topological polar surface area (TPSA) is 74.4 Å². The van der Waals surface area contributed by atoms with Crippen molar-refractivity contribution in [3.05, 3.63) is 94.9 Å².